The summed E-state index contributed by atoms with van der Waals surface area (Å²) in [6, 6.07) is 6.41. The minimum absolute atomic E-state index is 0.102. The Kier molecular flexibility index (Phi) is 3.12. The zero-order valence-corrected chi connectivity index (χ0v) is 12.4. The lowest BCUT2D eigenvalue weighted by Gasteiger charge is -2.29. The molecule has 0 radical (unpaired) electrons. The summed E-state index contributed by atoms with van der Waals surface area (Å²) in [6.45, 7) is 4.13. The Labute approximate surface area is 123 Å². The lowest BCUT2D eigenvalue weighted by Crippen LogP contribution is -2.27. The summed E-state index contributed by atoms with van der Waals surface area (Å²) in [7, 11) is 1.55. The van der Waals surface area contributed by atoms with Crippen molar-refractivity contribution in [3.63, 3.8) is 0 Å². The highest BCUT2D eigenvalue weighted by atomic mass is 19.1. The van der Waals surface area contributed by atoms with Gasteiger partial charge in [0.25, 0.3) is 0 Å². The monoisotopic (exact) mass is 287 g/mol. The quantitative estimate of drug-likeness (QED) is 0.841. The molecule has 0 atom stereocenters. The van der Waals surface area contributed by atoms with Crippen molar-refractivity contribution in [1.82, 2.24) is 4.57 Å². The second-order valence-electron chi connectivity index (χ2n) is 6.30. The van der Waals surface area contributed by atoms with Crippen molar-refractivity contribution in [3.8, 4) is 11.4 Å². The molecule has 1 aliphatic carbocycles. The molecule has 2 aromatic rings. The number of carbonyl (C=O) groups excluding carboxylic acids is 1. The van der Waals surface area contributed by atoms with Crippen LogP contribution in [-0.4, -0.2) is 17.5 Å². The lowest BCUT2D eigenvalue weighted by atomic mass is 9.76. The number of ether oxygens (including phenoxy) is 1. The number of Topliss-reactive ketones (excluding diaryl/α,β-unsaturated/α-hetero) is 1. The van der Waals surface area contributed by atoms with Gasteiger partial charge in [-0.2, -0.15) is 0 Å². The second-order valence-corrected chi connectivity index (χ2v) is 6.30. The van der Waals surface area contributed by atoms with Crippen LogP contribution in [-0.2, 0) is 6.42 Å². The van der Waals surface area contributed by atoms with Crippen LogP contribution in [0.5, 0.6) is 5.75 Å². The summed E-state index contributed by atoms with van der Waals surface area (Å²) in [5.41, 5.74) is 1.90. The van der Waals surface area contributed by atoms with Crippen LogP contribution in [0.15, 0.2) is 30.5 Å². The number of ketones is 1. The lowest BCUT2D eigenvalue weighted by molar-refractivity contribution is 0.0911. The van der Waals surface area contributed by atoms with Crippen molar-refractivity contribution in [2.24, 2.45) is 5.41 Å². The Hall–Kier alpha value is -2.10. The van der Waals surface area contributed by atoms with Crippen molar-refractivity contribution in [2.75, 3.05) is 7.11 Å². The SMILES string of the molecule is COc1ccc(F)c(-n2ccc3c2CC(C)(C)CC3=O)c1. The van der Waals surface area contributed by atoms with Crippen LogP contribution in [0.2, 0.25) is 0 Å². The standard InChI is InChI=1S/C17H18FNO2/c1-17(2)9-15-12(16(20)10-17)6-7-19(15)14-8-11(21-3)4-5-13(14)18/h4-8H,9-10H2,1-3H3. The first-order chi connectivity index (χ1) is 9.91. The van der Waals surface area contributed by atoms with Gasteiger partial charge in [-0.25, -0.2) is 4.39 Å². The van der Waals surface area contributed by atoms with Gasteiger partial charge in [0.15, 0.2) is 5.78 Å². The van der Waals surface area contributed by atoms with Crippen molar-refractivity contribution >= 4 is 5.78 Å². The molecule has 1 aromatic carbocycles. The fraction of sp³-hybridized carbons (Fsp3) is 0.353. The topological polar surface area (TPSA) is 31.2 Å². The number of benzene rings is 1. The number of hydrogen-bond acceptors (Lipinski definition) is 2. The van der Waals surface area contributed by atoms with Gasteiger partial charge in [0.2, 0.25) is 0 Å². The first kappa shape index (κ1) is 13.9. The number of aromatic nitrogens is 1. The molecular formula is C17H18FNO2. The number of carbonyl (C=O) groups is 1. The maximum absolute atomic E-state index is 14.2. The van der Waals surface area contributed by atoms with E-state index >= 15 is 0 Å². The first-order valence-corrected chi connectivity index (χ1v) is 6.99. The van der Waals surface area contributed by atoms with Crippen LogP contribution >= 0.6 is 0 Å². The molecule has 0 aliphatic heterocycles. The summed E-state index contributed by atoms with van der Waals surface area (Å²) >= 11 is 0. The molecule has 110 valence electrons. The Morgan fingerprint density at radius 3 is 2.71 bits per heavy atom. The molecule has 0 spiro atoms. The van der Waals surface area contributed by atoms with E-state index in [-0.39, 0.29) is 17.0 Å². The molecule has 1 heterocycles. The van der Waals surface area contributed by atoms with Gasteiger partial charge >= 0.3 is 0 Å². The summed E-state index contributed by atoms with van der Waals surface area (Å²) < 4.78 is 21.1. The van der Waals surface area contributed by atoms with Crippen LogP contribution in [0, 0.1) is 11.2 Å². The summed E-state index contributed by atoms with van der Waals surface area (Å²) in [6.07, 6.45) is 3.05. The molecule has 0 fully saturated rings. The molecule has 0 N–H and O–H groups in total. The van der Waals surface area contributed by atoms with Crippen LogP contribution in [0.1, 0.15) is 36.3 Å². The van der Waals surface area contributed by atoms with Gasteiger partial charge in [0.05, 0.1) is 12.8 Å². The molecule has 0 saturated carbocycles. The van der Waals surface area contributed by atoms with E-state index in [2.05, 4.69) is 13.8 Å². The van der Waals surface area contributed by atoms with Crippen molar-refractivity contribution in [2.45, 2.75) is 26.7 Å². The Morgan fingerprint density at radius 1 is 1.24 bits per heavy atom. The highest BCUT2D eigenvalue weighted by Gasteiger charge is 2.33. The van der Waals surface area contributed by atoms with Gasteiger partial charge in [-0.15, -0.1) is 0 Å². The van der Waals surface area contributed by atoms with E-state index in [1.165, 1.54) is 6.07 Å². The molecule has 21 heavy (non-hydrogen) atoms. The van der Waals surface area contributed by atoms with E-state index < -0.39 is 0 Å². The third-order valence-electron chi connectivity index (χ3n) is 3.99. The highest BCUT2D eigenvalue weighted by molar-refractivity contribution is 5.99. The minimum Gasteiger partial charge on any atom is -0.497 e. The highest BCUT2D eigenvalue weighted by Crippen LogP contribution is 2.36. The zero-order valence-electron chi connectivity index (χ0n) is 12.4. The fourth-order valence-electron chi connectivity index (χ4n) is 2.97. The molecule has 0 unspecified atom stereocenters. The first-order valence-electron chi connectivity index (χ1n) is 6.99. The fourth-order valence-corrected chi connectivity index (χ4v) is 2.97. The molecular weight excluding hydrogens is 269 g/mol. The third kappa shape index (κ3) is 2.35. The molecule has 0 amide bonds. The van der Waals surface area contributed by atoms with Crippen LogP contribution < -0.4 is 4.74 Å². The number of halogens is 1. The van der Waals surface area contributed by atoms with Gasteiger partial charge < -0.3 is 9.30 Å². The van der Waals surface area contributed by atoms with Crippen LogP contribution in [0.4, 0.5) is 4.39 Å². The van der Waals surface area contributed by atoms with Crippen LogP contribution in [0.3, 0.4) is 0 Å². The van der Waals surface area contributed by atoms with Crippen LogP contribution in [0.25, 0.3) is 5.69 Å². The number of rotatable bonds is 2. The van der Waals surface area contributed by atoms with Crippen molar-refractivity contribution in [3.05, 3.63) is 47.5 Å². The molecule has 1 aliphatic rings. The molecule has 4 heteroatoms. The Balaban J connectivity index is 2.16. The van der Waals surface area contributed by atoms with Gasteiger partial charge in [-0.05, 0) is 30.0 Å². The Morgan fingerprint density at radius 2 is 2.00 bits per heavy atom. The van der Waals surface area contributed by atoms with Gasteiger partial charge in [-0.1, -0.05) is 13.8 Å². The molecule has 1 aromatic heterocycles. The minimum atomic E-state index is -0.329. The van der Waals surface area contributed by atoms with Gasteiger partial charge in [0, 0.05) is 29.9 Å². The molecule has 3 rings (SSSR count). The van der Waals surface area contributed by atoms with Gasteiger partial charge in [-0.3, -0.25) is 4.79 Å². The van der Waals surface area contributed by atoms with E-state index in [0.29, 0.717) is 23.4 Å². The third-order valence-corrected chi connectivity index (χ3v) is 3.99. The maximum Gasteiger partial charge on any atom is 0.165 e. The second kappa shape index (κ2) is 4.72. The van der Waals surface area contributed by atoms with E-state index in [1.54, 1.807) is 36.1 Å². The van der Waals surface area contributed by atoms with E-state index in [4.69, 9.17) is 4.74 Å². The summed E-state index contributed by atoms with van der Waals surface area (Å²) in [5.74, 6) is 0.392. The Bertz CT molecular complexity index is 716. The van der Waals surface area contributed by atoms with E-state index in [1.807, 2.05) is 0 Å². The summed E-state index contributed by atoms with van der Waals surface area (Å²) in [4.78, 5) is 12.2. The number of fused-ring (bicyclic) bond motifs is 1. The number of nitrogens with zero attached hydrogens (tertiary/aromatic N) is 1. The predicted molar refractivity (Wildman–Crippen MR) is 78.7 cm³/mol. The molecule has 0 saturated heterocycles. The van der Waals surface area contributed by atoms with E-state index in [0.717, 1.165) is 12.1 Å². The predicted octanol–water partition coefficient (Wildman–Crippen LogP) is 3.78. The average Bonchev–Trinajstić information content (AvgIpc) is 2.81. The largest absolute Gasteiger partial charge is 0.497 e. The van der Waals surface area contributed by atoms with Gasteiger partial charge in [0.1, 0.15) is 11.6 Å². The van der Waals surface area contributed by atoms with E-state index in [9.17, 15) is 9.18 Å². The average molecular weight is 287 g/mol. The van der Waals surface area contributed by atoms with Crippen molar-refractivity contribution < 1.29 is 13.9 Å². The normalized spacial score (nSPS) is 16.7. The molecule has 0 bridgehead atoms. The number of methoxy groups -OCH3 is 1. The van der Waals surface area contributed by atoms with Crippen molar-refractivity contribution in [1.29, 1.82) is 0 Å². The maximum atomic E-state index is 14.2. The summed E-state index contributed by atoms with van der Waals surface area (Å²) in [5, 5.41) is 0. The number of hydrogen-bond donors (Lipinski definition) is 0. The molecule has 3 nitrogen and oxygen atoms in total. The zero-order chi connectivity index (χ0) is 15.2. The smallest absolute Gasteiger partial charge is 0.165 e.